The van der Waals surface area contributed by atoms with Crippen LogP contribution in [0.1, 0.15) is 5.69 Å². The average Bonchev–Trinajstić information content (AvgIpc) is 2.72. The van der Waals surface area contributed by atoms with Crippen molar-refractivity contribution < 1.29 is 21.6 Å². The highest BCUT2D eigenvalue weighted by molar-refractivity contribution is 7.89. The molecule has 126 valence electrons. The van der Waals surface area contributed by atoms with Crippen LogP contribution in [0.3, 0.4) is 0 Å². The first kappa shape index (κ1) is 17.4. The van der Waals surface area contributed by atoms with Gasteiger partial charge in [0.1, 0.15) is 11.4 Å². The lowest BCUT2D eigenvalue weighted by molar-refractivity contribution is -0.135. The molecule has 2 rings (SSSR count). The lowest BCUT2D eigenvalue weighted by Gasteiger charge is -2.21. The fraction of sp³-hybridized carbons (Fsp3) is 0.385. The van der Waals surface area contributed by atoms with Gasteiger partial charge in [0, 0.05) is 25.2 Å². The molecule has 0 aromatic carbocycles. The van der Waals surface area contributed by atoms with Crippen LogP contribution in [0.5, 0.6) is 0 Å². The quantitative estimate of drug-likeness (QED) is 0.775. The number of aryl methyl sites for hydroxylation is 2. The Balaban J connectivity index is 2.52. The summed E-state index contributed by atoms with van der Waals surface area (Å²) < 4.78 is 64.6. The summed E-state index contributed by atoms with van der Waals surface area (Å²) in [4.78, 5) is 3.68. The molecule has 2 aromatic heterocycles. The highest BCUT2D eigenvalue weighted by Gasteiger charge is 2.36. The maximum absolute atomic E-state index is 12.6. The Morgan fingerprint density at radius 3 is 2.65 bits per heavy atom. The molecule has 0 saturated heterocycles. The summed E-state index contributed by atoms with van der Waals surface area (Å²) in [6, 6.07) is 1.28. The Bertz CT molecular complexity index is 843. The van der Waals surface area contributed by atoms with Crippen molar-refractivity contribution in [2.75, 3.05) is 13.1 Å². The van der Waals surface area contributed by atoms with Crippen LogP contribution in [-0.2, 0) is 17.1 Å². The fourth-order valence-electron chi connectivity index (χ4n) is 2.17. The standard InChI is InChI=1S/C13H15F3N4O2S/c1-4-5-20(8-13(14,15)16)23(21,22)10-6-11-9(2)18-19(3)12(11)17-7-10/h4,6-7H,1,5,8H2,2-3H3. The molecular formula is C13H15F3N4O2S. The maximum Gasteiger partial charge on any atom is 0.402 e. The Kier molecular flexibility index (Phi) is 4.49. The predicted octanol–water partition coefficient (Wildman–Crippen LogP) is 2.02. The molecule has 0 atom stereocenters. The molecule has 0 bridgehead atoms. The third kappa shape index (κ3) is 3.53. The van der Waals surface area contributed by atoms with Crippen LogP contribution in [-0.4, -0.2) is 46.8 Å². The number of nitrogens with zero attached hydrogens (tertiary/aromatic N) is 4. The minimum atomic E-state index is -4.65. The van der Waals surface area contributed by atoms with Gasteiger partial charge in [-0.05, 0) is 13.0 Å². The molecule has 6 nitrogen and oxygen atoms in total. The molecule has 0 aliphatic heterocycles. The average molecular weight is 348 g/mol. The summed E-state index contributed by atoms with van der Waals surface area (Å²) in [7, 11) is -2.71. The molecule has 0 spiro atoms. The topological polar surface area (TPSA) is 68.1 Å². The van der Waals surface area contributed by atoms with E-state index in [1.165, 1.54) is 10.7 Å². The number of hydrogen-bond acceptors (Lipinski definition) is 4. The first-order chi connectivity index (χ1) is 10.6. The van der Waals surface area contributed by atoms with Gasteiger partial charge in [-0.1, -0.05) is 6.08 Å². The Hall–Kier alpha value is -1.94. The van der Waals surface area contributed by atoms with Crippen molar-refractivity contribution in [3.05, 3.63) is 30.6 Å². The van der Waals surface area contributed by atoms with Crippen LogP contribution < -0.4 is 0 Å². The molecule has 10 heteroatoms. The molecule has 0 amide bonds. The van der Waals surface area contributed by atoms with Crippen LogP contribution in [0, 0.1) is 6.92 Å². The number of alkyl halides is 3. The molecule has 0 fully saturated rings. The van der Waals surface area contributed by atoms with E-state index in [0.717, 1.165) is 12.3 Å². The van der Waals surface area contributed by atoms with Crippen molar-refractivity contribution in [1.29, 1.82) is 0 Å². The maximum atomic E-state index is 12.6. The normalized spacial score (nSPS) is 13.0. The van der Waals surface area contributed by atoms with Crippen molar-refractivity contribution in [2.45, 2.75) is 18.0 Å². The zero-order valence-corrected chi connectivity index (χ0v) is 13.3. The summed E-state index contributed by atoms with van der Waals surface area (Å²) in [5, 5.41) is 4.57. The van der Waals surface area contributed by atoms with Crippen LogP contribution >= 0.6 is 0 Å². The van der Waals surface area contributed by atoms with Gasteiger partial charge in [0.05, 0.1) is 5.69 Å². The molecule has 0 saturated carbocycles. The van der Waals surface area contributed by atoms with Gasteiger partial charge in [-0.2, -0.15) is 22.6 Å². The molecule has 0 unspecified atom stereocenters. The molecule has 2 aromatic rings. The smallest absolute Gasteiger partial charge is 0.250 e. The highest BCUT2D eigenvalue weighted by Crippen LogP contribution is 2.25. The van der Waals surface area contributed by atoms with Crippen LogP contribution in [0.4, 0.5) is 13.2 Å². The summed E-state index contributed by atoms with van der Waals surface area (Å²) >= 11 is 0. The van der Waals surface area contributed by atoms with Gasteiger partial charge in [0.2, 0.25) is 10.0 Å². The van der Waals surface area contributed by atoms with E-state index < -0.39 is 29.3 Å². The zero-order chi connectivity index (χ0) is 17.4. The number of rotatable bonds is 5. The Morgan fingerprint density at radius 2 is 2.09 bits per heavy atom. The zero-order valence-electron chi connectivity index (χ0n) is 12.5. The second kappa shape index (κ2) is 5.93. The van der Waals surface area contributed by atoms with E-state index in [-0.39, 0.29) is 4.90 Å². The van der Waals surface area contributed by atoms with Gasteiger partial charge in [-0.15, -0.1) is 6.58 Å². The van der Waals surface area contributed by atoms with E-state index in [9.17, 15) is 21.6 Å². The van der Waals surface area contributed by atoms with Crippen LogP contribution in [0.2, 0.25) is 0 Å². The molecular weight excluding hydrogens is 333 g/mol. The summed E-state index contributed by atoms with van der Waals surface area (Å²) in [5.74, 6) is 0. The van der Waals surface area contributed by atoms with Gasteiger partial charge < -0.3 is 0 Å². The molecule has 0 aliphatic carbocycles. The Morgan fingerprint density at radius 1 is 1.43 bits per heavy atom. The highest BCUT2D eigenvalue weighted by atomic mass is 32.2. The minimum Gasteiger partial charge on any atom is -0.250 e. The van der Waals surface area contributed by atoms with E-state index in [1.807, 2.05) is 0 Å². The third-order valence-corrected chi connectivity index (χ3v) is 4.94. The fourth-order valence-corrected chi connectivity index (χ4v) is 3.54. The van der Waals surface area contributed by atoms with Crippen molar-refractivity contribution in [2.24, 2.45) is 7.05 Å². The molecule has 2 heterocycles. The van der Waals surface area contributed by atoms with Gasteiger partial charge in [0.25, 0.3) is 0 Å². The molecule has 23 heavy (non-hydrogen) atoms. The van der Waals surface area contributed by atoms with Gasteiger partial charge in [0.15, 0.2) is 5.65 Å². The van der Waals surface area contributed by atoms with E-state index >= 15 is 0 Å². The van der Waals surface area contributed by atoms with E-state index in [1.54, 1.807) is 14.0 Å². The predicted molar refractivity (Wildman–Crippen MR) is 78.3 cm³/mol. The number of halogens is 3. The van der Waals surface area contributed by atoms with E-state index in [2.05, 4.69) is 16.7 Å². The van der Waals surface area contributed by atoms with Crippen molar-refractivity contribution in [3.8, 4) is 0 Å². The summed E-state index contributed by atoms with van der Waals surface area (Å²) in [5.41, 5.74) is 0.991. The van der Waals surface area contributed by atoms with Crippen LogP contribution in [0.15, 0.2) is 29.8 Å². The van der Waals surface area contributed by atoms with Crippen molar-refractivity contribution in [3.63, 3.8) is 0 Å². The number of aromatic nitrogens is 3. The SMILES string of the molecule is C=CCN(CC(F)(F)F)S(=O)(=O)c1cnc2c(c1)c(C)nn2C. The lowest BCUT2D eigenvalue weighted by Crippen LogP contribution is -2.39. The second-order valence-electron chi connectivity index (χ2n) is 4.95. The number of hydrogen-bond donors (Lipinski definition) is 0. The van der Waals surface area contributed by atoms with Crippen molar-refractivity contribution >= 4 is 21.1 Å². The lowest BCUT2D eigenvalue weighted by atomic mass is 10.3. The molecule has 0 N–H and O–H groups in total. The van der Waals surface area contributed by atoms with Gasteiger partial charge in [-0.25, -0.2) is 13.4 Å². The monoisotopic (exact) mass is 348 g/mol. The largest absolute Gasteiger partial charge is 0.402 e. The van der Waals surface area contributed by atoms with Gasteiger partial charge in [-0.3, -0.25) is 4.68 Å². The summed E-state index contributed by atoms with van der Waals surface area (Å²) in [6.07, 6.45) is -2.52. The number of sulfonamides is 1. The first-order valence-electron chi connectivity index (χ1n) is 6.53. The molecule has 0 aliphatic rings. The van der Waals surface area contributed by atoms with E-state index in [4.69, 9.17) is 0 Å². The number of pyridine rings is 1. The van der Waals surface area contributed by atoms with Crippen LogP contribution in [0.25, 0.3) is 11.0 Å². The Labute approximate surface area is 131 Å². The first-order valence-corrected chi connectivity index (χ1v) is 7.97. The van der Waals surface area contributed by atoms with E-state index in [0.29, 0.717) is 21.0 Å². The van der Waals surface area contributed by atoms with Gasteiger partial charge >= 0.3 is 6.18 Å². The molecule has 0 radical (unpaired) electrons. The number of fused-ring (bicyclic) bond motifs is 1. The van der Waals surface area contributed by atoms with Crippen molar-refractivity contribution in [1.82, 2.24) is 19.1 Å². The second-order valence-corrected chi connectivity index (χ2v) is 6.89. The summed E-state index contributed by atoms with van der Waals surface area (Å²) in [6.45, 7) is 2.92. The minimum absolute atomic E-state index is 0.313. The third-order valence-electron chi connectivity index (χ3n) is 3.16.